The van der Waals surface area contributed by atoms with Crippen LogP contribution in [0.1, 0.15) is 55.6 Å². The summed E-state index contributed by atoms with van der Waals surface area (Å²) in [6.45, 7) is 12.1. The number of benzene rings is 2. The third-order valence-corrected chi connectivity index (χ3v) is 5.70. The van der Waals surface area contributed by atoms with Gasteiger partial charge in [0.05, 0.1) is 0 Å². The summed E-state index contributed by atoms with van der Waals surface area (Å²) in [6, 6.07) is 15.1. The molecule has 1 aliphatic rings. The van der Waals surface area contributed by atoms with Crippen LogP contribution in [0.5, 0.6) is 0 Å². The lowest BCUT2D eigenvalue weighted by Gasteiger charge is -2.35. The first-order valence-electron chi connectivity index (χ1n) is 11.5. The summed E-state index contributed by atoms with van der Waals surface area (Å²) in [5.74, 6) is 1.27. The lowest BCUT2D eigenvalue weighted by Crippen LogP contribution is -2.38. The van der Waals surface area contributed by atoms with Gasteiger partial charge in [0.1, 0.15) is 0 Å². The van der Waals surface area contributed by atoms with E-state index in [9.17, 15) is 9.59 Å². The zero-order valence-corrected chi connectivity index (χ0v) is 19.7. The molecular weight excluding hydrogens is 400 g/mol. The minimum absolute atomic E-state index is 0.0397. The molecule has 1 saturated heterocycles. The number of likely N-dealkylation sites (tertiary alicyclic amines) is 1. The Balaban J connectivity index is 1.60. The van der Waals surface area contributed by atoms with Crippen LogP contribution in [0.4, 0.5) is 10.5 Å². The molecule has 32 heavy (non-hydrogen) atoms. The Morgan fingerprint density at radius 3 is 2.38 bits per heavy atom. The Kier molecular flexibility index (Phi) is 8.28. The second-order valence-electron chi connectivity index (χ2n) is 9.43. The molecule has 2 atom stereocenters. The predicted octanol–water partition coefficient (Wildman–Crippen LogP) is 4.62. The van der Waals surface area contributed by atoms with Crippen LogP contribution in [0, 0.1) is 11.8 Å². The fraction of sp³-hybridized carbons (Fsp3) is 0.462. The van der Waals surface area contributed by atoms with Crippen LogP contribution in [0.3, 0.4) is 0 Å². The van der Waals surface area contributed by atoms with Gasteiger partial charge in [0.2, 0.25) is 0 Å². The zero-order chi connectivity index (χ0) is 23.1. The minimum Gasteiger partial charge on any atom is -0.348 e. The average molecular weight is 437 g/mol. The molecule has 0 saturated carbocycles. The number of hydrogen-bond donors (Lipinski definition) is 3. The summed E-state index contributed by atoms with van der Waals surface area (Å²) in [5, 5.41) is 8.58. The van der Waals surface area contributed by atoms with Crippen molar-refractivity contribution in [2.75, 3.05) is 18.4 Å². The summed E-state index contributed by atoms with van der Waals surface area (Å²) in [5.41, 5.74) is 3.50. The number of urea groups is 1. The maximum Gasteiger partial charge on any atom is 0.319 e. The number of hydrogen-bond acceptors (Lipinski definition) is 3. The molecular formula is C26H36N4O2. The number of anilines is 1. The quantitative estimate of drug-likeness (QED) is 0.593. The van der Waals surface area contributed by atoms with Gasteiger partial charge in [-0.05, 0) is 61.4 Å². The molecule has 2 aromatic rings. The molecule has 1 aliphatic heterocycles. The molecule has 0 radical (unpaired) electrons. The first-order chi connectivity index (χ1) is 15.3. The normalized spacial score (nSPS) is 18.9. The first-order valence-corrected chi connectivity index (χ1v) is 11.5. The van der Waals surface area contributed by atoms with Crippen LogP contribution in [0.25, 0.3) is 0 Å². The Morgan fingerprint density at radius 1 is 1.00 bits per heavy atom. The molecule has 2 aromatic carbocycles. The Labute approximate surface area is 191 Å². The van der Waals surface area contributed by atoms with Crippen LogP contribution in [-0.4, -0.2) is 36.0 Å². The Bertz CT molecular complexity index is 918. The number of nitrogens with one attached hydrogen (secondary N) is 3. The molecule has 0 aliphatic carbocycles. The van der Waals surface area contributed by atoms with E-state index < -0.39 is 0 Å². The van der Waals surface area contributed by atoms with Crippen molar-refractivity contribution in [1.29, 1.82) is 0 Å². The second-order valence-corrected chi connectivity index (χ2v) is 9.43. The highest BCUT2D eigenvalue weighted by atomic mass is 16.2. The molecule has 0 aromatic heterocycles. The zero-order valence-electron chi connectivity index (χ0n) is 19.7. The van der Waals surface area contributed by atoms with Crippen molar-refractivity contribution in [3.05, 3.63) is 65.2 Å². The molecule has 2 unspecified atom stereocenters. The highest BCUT2D eigenvalue weighted by Crippen LogP contribution is 2.23. The van der Waals surface area contributed by atoms with E-state index >= 15 is 0 Å². The fourth-order valence-corrected chi connectivity index (χ4v) is 4.49. The van der Waals surface area contributed by atoms with Gasteiger partial charge in [-0.2, -0.15) is 0 Å². The maximum absolute atomic E-state index is 12.8. The van der Waals surface area contributed by atoms with Crippen molar-refractivity contribution in [2.24, 2.45) is 11.8 Å². The fourth-order valence-electron chi connectivity index (χ4n) is 4.49. The summed E-state index contributed by atoms with van der Waals surface area (Å²) in [7, 11) is 0. The number of piperidine rings is 1. The third-order valence-electron chi connectivity index (χ3n) is 5.70. The standard InChI is InChI=1S/C26H36N4O2/c1-18(2)28-26(32)29-24-11-7-10-21(13-24)25(31)27-14-22-8-5-6-9-23(22)17-30-15-19(3)12-20(4)16-30/h5-11,13,18-20H,12,14-17H2,1-4H3,(H,27,31)(H2,28,29,32). The monoisotopic (exact) mass is 436 g/mol. The van der Waals surface area contributed by atoms with Gasteiger partial charge < -0.3 is 16.0 Å². The predicted molar refractivity (Wildman–Crippen MR) is 130 cm³/mol. The molecule has 0 spiro atoms. The summed E-state index contributed by atoms with van der Waals surface area (Å²) >= 11 is 0. The highest BCUT2D eigenvalue weighted by molar-refractivity contribution is 5.96. The van der Waals surface area contributed by atoms with Gasteiger partial charge in [0.25, 0.3) is 5.91 Å². The smallest absolute Gasteiger partial charge is 0.319 e. The molecule has 6 nitrogen and oxygen atoms in total. The van der Waals surface area contributed by atoms with Gasteiger partial charge in [-0.3, -0.25) is 9.69 Å². The number of rotatable bonds is 7. The largest absolute Gasteiger partial charge is 0.348 e. The van der Waals surface area contributed by atoms with Gasteiger partial charge in [-0.25, -0.2) is 4.79 Å². The van der Waals surface area contributed by atoms with Gasteiger partial charge in [0.15, 0.2) is 0 Å². The van der Waals surface area contributed by atoms with E-state index in [0.717, 1.165) is 25.2 Å². The lowest BCUT2D eigenvalue weighted by atomic mass is 9.91. The first kappa shape index (κ1) is 23.8. The summed E-state index contributed by atoms with van der Waals surface area (Å²) < 4.78 is 0. The average Bonchev–Trinajstić information content (AvgIpc) is 2.71. The molecule has 6 heteroatoms. The van der Waals surface area contributed by atoms with E-state index in [1.54, 1.807) is 24.3 Å². The van der Waals surface area contributed by atoms with Crippen molar-refractivity contribution in [1.82, 2.24) is 15.5 Å². The van der Waals surface area contributed by atoms with E-state index in [4.69, 9.17) is 0 Å². The topological polar surface area (TPSA) is 73.5 Å². The van der Waals surface area contributed by atoms with E-state index in [-0.39, 0.29) is 18.0 Å². The molecule has 3 rings (SSSR count). The van der Waals surface area contributed by atoms with Crippen molar-refractivity contribution < 1.29 is 9.59 Å². The Hall–Kier alpha value is -2.86. The van der Waals surface area contributed by atoms with Gasteiger partial charge in [-0.1, -0.05) is 44.2 Å². The molecule has 0 bridgehead atoms. The highest BCUT2D eigenvalue weighted by Gasteiger charge is 2.22. The van der Waals surface area contributed by atoms with Crippen LogP contribution in [-0.2, 0) is 13.1 Å². The molecule has 1 fully saturated rings. The van der Waals surface area contributed by atoms with E-state index in [1.807, 2.05) is 19.9 Å². The van der Waals surface area contributed by atoms with E-state index in [0.29, 0.717) is 29.6 Å². The maximum atomic E-state index is 12.8. The molecule has 1 heterocycles. The molecule has 172 valence electrons. The van der Waals surface area contributed by atoms with Crippen LogP contribution in [0.15, 0.2) is 48.5 Å². The van der Waals surface area contributed by atoms with Crippen molar-refractivity contribution in [2.45, 2.75) is 53.2 Å². The third kappa shape index (κ3) is 7.09. The van der Waals surface area contributed by atoms with Crippen molar-refractivity contribution in [3.8, 4) is 0 Å². The summed E-state index contributed by atoms with van der Waals surface area (Å²) in [6.07, 6.45) is 1.29. The SMILES string of the molecule is CC1CC(C)CN(Cc2ccccc2CNC(=O)c2cccc(NC(=O)NC(C)C)c2)C1. The molecule has 3 amide bonds. The van der Waals surface area contributed by atoms with E-state index in [2.05, 4.69) is 52.9 Å². The minimum atomic E-state index is -0.284. The second kappa shape index (κ2) is 11.1. The van der Waals surface area contributed by atoms with Gasteiger partial charge in [0, 0.05) is 43.5 Å². The van der Waals surface area contributed by atoms with Crippen LogP contribution < -0.4 is 16.0 Å². The van der Waals surface area contributed by atoms with Crippen LogP contribution in [0.2, 0.25) is 0 Å². The number of carbonyl (C=O) groups excluding carboxylic acids is 2. The summed E-state index contributed by atoms with van der Waals surface area (Å²) in [4.78, 5) is 27.2. The van der Waals surface area contributed by atoms with Crippen molar-refractivity contribution in [3.63, 3.8) is 0 Å². The van der Waals surface area contributed by atoms with Gasteiger partial charge in [-0.15, -0.1) is 0 Å². The van der Waals surface area contributed by atoms with Gasteiger partial charge >= 0.3 is 6.03 Å². The Morgan fingerprint density at radius 2 is 1.69 bits per heavy atom. The van der Waals surface area contributed by atoms with E-state index in [1.165, 1.54) is 12.0 Å². The number of carbonyl (C=O) groups is 2. The number of amides is 3. The van der Waals surface area contributed by atoms with Crippen LogP contribution >= 0.6 is 0 Å². The van der Waals surface area contributed by atoms with Crippen molar-refractivity contribution >= 4 is 17.6 Å². The lowest BCUT2D eigenvalue weighted by molar-refractivity contribution is 0.0950. The number of nitrogens with zero attached hydrogens (tertiary/aromatic N) is 1. The molecule has 3 N–H and O–H groups in total.